The van der Waals surface area contributed by atoms with E-state index in [1.807, 2.05) is 12.1 Å². The minimum atomic E-state index is 0.180. The molecule has 0 radical (unpaired) electrons. The van der Waals surface area contributed by atoms with Crippen molar-refractivity contribution < 1.29 is 9.84 Å². The second-order valence-electron chi connectivity index (χ2n) is 4.11. The number of halogens is 1. The highest BCUT2D eigenvalue weighted by Crippen LogP contribution is 2.26. The van der Waals surface area contributed by atoms with Gasteiger partial charge in [-0.2, -0.15) is 0 Å². The number of rotatable bonds is 7. The van der Waals surface area contributed by atoms with Crippen LogP contribution in [0, 0.1) is 0 Å². The number of alkyl halides is 1. The molecule has 3 nitrogen and oxygen atoms in total. The summed E-state index contributed by atoms with van der Waals surface area (Å²) in [7, 11) is 1.56. The van der Waals surface area contributed by atoms with Gasteiger partial charge in [0, 0.05) is 11.9 Å². The minimum Gasteiger partial charge on any atom is -0.504 e. The van der Waals surface area contributed by atoms with Gasteiger partial charge in [0.15, 0.2) is 11.5 Å². The average molecular weight is 258 g/mol. The molecule has 0 heterocycles. The summed E-state index contributed by atoms with van der Waals surface area (Å²) in [6.45, 7) is 3.06. The number of hydrogen-bond donors (Lipinski definition) is 2. The third-order valence-electron chi connectivity index (χ3n) is 2.59. The number of methoxy groups -OCH3 is 1. The summed E-state index contributed by atoms with van der Waals surface area (Å²) in [5.41, 5.74) is 1.14. The van der Waals surface area contributed by atoms with Crippen molar-refractivity contribution in [3.8, 4) is 11.5 Å². The molecule has 0 aliphatic rings. The zero-order chi connectivity index (χ0) is 12.7. The lowest BCUT2D eigenvalue weighted by Crippen LogP contribution is -2.29. The molecule has 0 bridgehead atoms. The Morgan fingerprint density at radius 3 is 2.88 bits per heavy atom. The van der Waals surface area contributed by atoms with E-state index in [-0.39, 0.29) is 5.75 Å². The molecule has 2 N–H and O–H groups in total. The summed E-state index contributed by atoms with van der Waals surface area (Å²) in [6, 6.07) is 5.83. The van der Waals surface area contributed by atoms with Crippen molar-refractivity contribution in [1.82, 2.24) is 5.32 Å². The molecular weight excluding hydrogens is 238 g/mol. The van der Waals surface area contributed by atoms with Crippen LogP contribution in [-0.4, -0.2) is 30.7 Å². The van der Waals surface area contributed by atoms with Crippen LogP contribution >= 0.6 is 11.6 Å². The van der Waals surface area contributed by atoms with Crippen LogP contribution in [0.25, 0.3) is 0 Å². The predicted octanol–water partition coefficient (Wildman–Crippen LogP) is 2.55. The Balaban J connectivity index is 2.50. The van der Waals surface area contributed by atoms with Crippen LogP contribution in [0.5, 0.6) is 11.5 Å². The van der Waals surface area contributed by atoms with Crippen LogP contribution < -0.4 is 10.1 Å². The smallest absolute Gasteiger partial charge is 0.160 e. The monoisotopic (exact) mass is 257 g/mol. The van der Waals surface area contributed by atoms with Gasteiger partial charge < -0.3 is 15.2 Å². The number of hydrogen-bond acceptors (Lipinski definition) is 3. The summed E-state index contributed by atoms with van der Waals surface area (Å²) in [5.74, 6) is 1.39. The molecule has 1 aromatic rings. The lowest BCUT2D eigenvalue weighted by atomic mass is 10.1. The standard InChI is InChI=1S/C13H20ClNO2/c1-10(15-7-3-6-14)8-11-4-5-12(16)13(9-11)17-2/h4-5,9-10,15-16H,3,6-8H2,1-2H3. The molecule has 0 saturated heterocycles. The topological polar surface area (TPSA) is 41.5 Å². The Kier molecular flexibility index (Phi) is 6.16. The normalized spacial score (nSPS) is 12.4. The lowest BCUT2D eigenvalue weighted by Gasteiger charge is -2.14. The third kappa shape index (κ3) is 4.84. The van der Waals surface area contributed by atoms with Gasteiger partial charge in [-0.05, 0) is 44.0 Å². The Labute approximate surface area is 108 Å². The van der Waals surface area contributed by atoms with Gasteiger partial charge in [0.25, 0.3) is 0 Å². The predicted molar refractivity (Wildman–Crippen MR) is 71.2 cm³/mol. The number of nitrogens with one attached hydrogen (secondary N) is 1. The van der Waals surface area contributed by atoms with Gasteiger partial charge in [-0.3, -0.25) is 0 Å². The van der Waals surface area contributed by atoms with Gasteiger partial charge in [-0.25, -0.2) is 0 Å². The molecular formula is C13H20ClNO2. The second kappa shape index (κ2) is 7.41. The van der Waals surface area contributed by atoms with Gasteiger partial charge in [-0.15, -0.1) is 11.6 Å². The number of ether oxygens (including phenoxy) is 1. The van der Waals surface area contributed by atoms with Gasteiger partial charge in [0.2, 0.25) is 0 Å². The molecule has 1 rings (SSSR count). The molecule has 0 aliphatic heterocycles. The van der Waals surface area contributed by atoms with E-state index in [1.165, 1.54) is 0 Å². The third-order valence-corrected chi connectivity index (χ3v) is 2.86. The number of benzene rings is 1. The summed E-state index contributed by atoms with van der Waals surface area (Å²) in [5, 5.41) is 12.9. The first kappa shape index (κ1) is 14.1. The van der Waals surface area contributed by atoms with Gasteiger partial charge in [0.1, 0.15) is 0 Å². The molecule has 0 saturated carbocycles. The molecule has 96 valence electrons. The van der Waals surface area contributed by atoms with E-state index in [9.17, 15) is 5.11 Å². The van der Waals surface area contributed by atoms with E-state index in [2.05, 4.69) is 12.2 Å². The molecule has 1 atom stereocenters. The fraction of sp³-hybridized carbons (Fsp3) is 0.538. The maximum atomic E-state index is 9.49. The highest BCUT2D eigenvalue weighted by Gasteiger charge is 2.06. The number of phenols is 1. The molecule has 0 fully saturated rings. The highest BCUT2D eigenvalue weighted by molar-refractivity contribution is 6.17. The van der Waals surface area contributed by atoms with Crippen LogP contribution in [0.15, 0.2) is 18.2 Å². The van der Waals surface area contributed by atoms with Crippen molar-refractivity contribution in [2.75, 3.05) is 19.5 Å². The van der Waals surface area contributed by atoms with Crippen LogP contribution in [-0.2, 0) is 6.42 Å². The number of phenolic OH excluding ortho intramolecular Hbond substituents is 1. The lowest BCUT2D eigenvalue weighted by molar-refractivity contribution is 0.372. The second-order valence-corrected chi connectivity index (χ2v) is 4.49. The molecule has 0 amide bonds. The summed E-state index contributed by atoms with van der Waals surface area (Å²) in [6.07, 6.45) is 1.88. The summed E-state index contributed by atoms with van der Waals surface area (Å²) < 4.78 is 5.08. The average Bonchev–Trinajstić information content (AvgIpc) is 2.32. The van der Waals surface area contributed by atoms with Crippen molar-refractivity contribution in [3.63, 3.8) is 0 Å². The minimum absolute atomic E-state index is 0.180. The van der Waals surface area contributed by atoms with Crippen molar-refractivity contribution in [1.29, 1.82) is 0 Å². The largest absolute Gasteiger partial charge is 0.504 e. The van der Waals surface area contributed by atoms with Crippen molar-refractivity contribution in [2.24, 2.45) is 0 Å². The highest BCUT2D eigenvalue weighted by atomic mass is 35.5. The van der Waals surface area contributed by atoms with Gasteiger partial charge in [0.05, 0.1) is 7.11 Å². The van der Waals surface area contributed by atoms with Crippen LogP contribution in [0.3, 0.4) is 0 Å². The Morgan fingerprint density at radius 2 is 2.24 bits per heavy atom. The fourth-order valence-corrected chi connectivity index (χ4v) is 1.82. The van der Waals surface area contributed by atoms with E-state index >= 15 is 0 Å². The van der Waals surface area contributed by atoms with Crippen molar-refractivity contribution in [3.05, 3.63) is 23.8 Å². The molecule has 0 aliphatic carbocycles. The SMILES string of the molecule is COc1cc(CC(C)NCCCCl)ccc1O. The zero-order valence-corrected chi connectivity index (χ0v) is 11.1. The molecule has 1 unspecified atom stereocenters. The first-order valence-corrected chi connectivity index (χ1v) is 6.36. The summed E-state index contributed by atoms with van der Waals surface area (Å²) >= 11 is 5.62. The molecule has 4 heteroatoms. The summed E-state index contributed by atoms with van der Waals surface area (Å²) in [4.78, 5) is 0. The molecule has 1 aromatic carbocycles. The maximum absolute atomic E-state index is 9.49. The molecule has 0 spiro atoms. The van der Waals surface area contributed by atoms with Crippen LogP contribution in [0.4, 0.5) is 0 Å². The van der Waals surface area contributed by atoms with E-state index in [1.54, 1.807) is 13.2 Å². The maximum Gasteiger partial charge on any atom is 0.160 e. The fourth-order valence-electron chi connectivity index (χ4n) is 1.69. The Hall–Kier alpha value is -0.930. The van der Waals surface area contributed by atoms with E-state index < -0.39 is 0 Å². The first-order chi connectivity index (χ1) is 8.17. The number of aromatic hydroxyl groups is 1. The van der Waals surface area contributed by atoms with Gasteiger partial charge in [-0.1, -0.05) is 6.07 Å². The van der Waals surface area contributed by atoms with Crippen molar-refractivity contribution >= 4 is 11.6 Å². The molecule has 0 aromatic heterocycles. The Morgan fingerprint density at radius 1 is 1.47 bits per heavy atom. The van der Waals surface area contributed by atoms with Gasteiger partial charge >= 0.3 is 0 Å². The zero-order valence-electron chi connectivity index (χ0n) is 10.4. The Bertz CT molecular complexity index is 344. The first-order valence-electron chi connectivity index (χ1n) is 5.82. The quantitative estimate of drug-likeness (QED) is 0.583. The van der Waals surface area contributed by atoms with Crippen LogP contribution in [0.2, 0.25) is 0 Å². The van der Waals surface area contributed by atoms with Crippen molar-refractivity contribution in [2.45, 2.75) is 25.8 Å². The molecule has 17 heavy (non-hydrogen) atoms. The van der Waals surface area contributed by atoms with E-state index in [4.69, 9.17) is 16.3 Å². The van der Waals surface area contributed by atoms with E-state index in [0.717, 1.165) is 24.9 Å². The van der Waals surface area contributed by atoms with E-state index in [0.29, 0.717) is 17.7 Å². The van der Waals surface area contributed by atoms with Crippen LogP contribution in [0.1, 0.15) is 18.9 Å².